The Hall–Kier alpha value is -1.26. The zero-order valence-corrected chi connectivity index (χ0v) is 15.8. The van der Waals surface area contributed by atoms with Crippen LogP contribution in [0.1, 0.15) is 38.7 Å². The summed E-state index contributed by atoms with van der Waals surface area (Å²) in [6.07, 6.45) is 4.04. The Morgan fingerprint density at radius 2 is 1.96 bits per heavy atom. The number of nitrogens with zero attached hydrogens (tertiary/aromatic N) is 1. The molecule has 4 nitrogen and oxygen atoms in total. The molecule has 1 aromatic carbocycles. The van der Waals surface area contributed by atoms with Gasteiger partial charge in [0.15, 0.2) is 0 Å². The lowest BCUT2D eigenvalue weighted by Crippen LogP contribution is -2.49. The number of carbonyl (C=O) groups is 1. The number of ether oxygens (including phenoxy) is 1. The minimum Gasteiger partial charge on any atom is -0.496 e. The second kappa shape index (κ2) is 9.90. The lowest BCUT2D eigenvalue weighted by molar-refractivity contribution is -0.135. The van der Waals surface area contributed by atoms with E-state index in [-0.39, 0.29) is 30.3 Å². The standard InChI is InChI=1S/C19H30N2O2.ClH/c1-4-14(2)18(20)19(22)21-11-9-15(10-12-21)13-16-7-5-6-8-17(16)23-3;/h5-8,14-15,18H,4,9-13,20H2,1-3H3;1H. The van der Waals surface area contributed by atoms with E-state index in [9.17, 15) is 4.79 Å². The normalized spacial score (nSPS) is 17.8. The summed E-state index contributed by atoms with van der Waals surface area (Å²) in [6.45, 7) is 5.78. The van der Waals surface area contributed by atoms with E-state index in [1.807, 2.05) is 17.0 Å². The zero-order chi connectivity index (χ0) is 16.8. The number of amides is 1. The Balaban J connectivity index is 0.00000288. The molecule has 2 atom stereocenters. The summed E-state index contributed by atoms with van der Waals surface area (Å²) >= 11 is 0. The van der Waals surface area contributed by atoms with Gasteiger partial charge in [0.25, 0.3) is 0 Å². The topological polar surface area (TPSA) is 55.6 Å². The molecular weight excluding hydrogens is 324 g/mol. The summed E-state index contributed by atoms with van der Waals surface area (Å²) in [7, 11) is 1.72. The molecule has 5 heteroatoms. The molecule has 1 aliphatic rings. The number of piperidine rings is 1. The molecule has 1 aliphatic heterocycles. The number of likely N-dealkylation sites (tertiary alicyclic amines) is 1. The highest BCUT2D eigenvalue weighted by Crippen LogP contribution is 2.27. The highest BCUT2D eigenvalue weighted by Gasteiger charge is 2.28. The average Bonchev–Trinajstić information content (AvgIpc) is 2.61. The van der Waals surface area contributed by atoms with Crippen molar-refractivity contribution >= 4 is 18.3 Å². The number of halogens is 1. The maximum Gasteiger partial charge on any atom is 0.239 e. The van der Waals surface area contributed by atoms with Gasteiger partial charge in [-0.25, -0.2) is 0 Å². The van der Waals surface area contributed by atoms with Gasteiger partial charge < -0.3 is 15.4 Å². The molecule has 0 spiro atoms. The number of carbonyl (C=O) groups excluding carboxylic acids is 1. The predicted molar refractivity (Wildman–Crippen MR) is 101 cm³/mol. The minimum atomic E-state index is -0.356. The Kier molecular flexibility index (Phi) is 8.57. The minimum absolute atomic E-state index is 0. The first kappa shape index (κ1) is 20.8. The molecule has 0 aliphatic carbocycles. The lowest BCUT2D eigenvalue weighted by atomic mass is 9.89. The van der Waals surface area contributed by atoms with Gasteiger partial charge in [-0.05, 0) is 42.7 Å². The van der Waals surface area contributed by atoms with Gasteiger partial charge in [-0.15, -0.1) is 12.4 Å². The Bertz CT molecular complexity index is 516. The quantitative estimate of drug-likeness (QED) is 0.853. The van der Waals surface area contributed by atoms with Crippen LogP contribution in [0.2, 0.25) is 0 Å². The summed E-state index contributed by atoms with van der Waals surface area (Å²) in [5, 5.41) is 0. The van der Waals surface area contributed by atoms with Gasteiger partial charge in [-0.1, -0.05) is 38.5 Å². The molecule has 2 unspecified atom stereocenters. The van der Waals surface area contributed by atoms with Crippen molar-refractivity contribution in [3.8, 4) is 5.75 Å². The van der Waals surface area contributed by atoms with Gasteiger partial charge in [-0.2, -0.15) is 0 Å². The van der Waals surface area contributed by atoms with Crippen molar-refractivity contribution in [2.45, 2.75) is 45.6 Å². The van der Waals surface area contributed by atoms with Gasteiger partial charge in [-0.3, -0.25) is 4.79 Å². The van der Waals surface area contributed by atoms with E-state index in [4.69, 9.17) is 10.5 Å². The molecule has 2 rings (SSSR count). The molecule has 1 saturated heterocycles. The fourth-order valence-corrected chi connectivity index (χ4v) is 3.25. The number of benzene rings is 1. The first-order chi connectivity index (χ1) is 11.1. The van der Waals surface area contributed by atoms with Crippen molar-refractivity contribution in [2.24, 2.45) is 17.6 Å². The molecule has 1 heterocycles. The van der Waals surface area contributed by atoms with E-state index in [1.54, 1.807) is 7.11 Å². The van der Waals surface area contributed by atoms with Crippen LogP contribution < -0.4 is 10.5 Å². The first-order valence-corrected chi connectivity index (χ1v) is 8.73. The highest BCUT2D eigenvalue weighted by atomic mass is 35.5. The molecule has 1 aromatic rings. The van der Waals surface area contributed by atoms with Gasteiger partial charge >= 0.3 is 0 Å². The Morgan fingerprint density at radius 1 is 1.33 bits per heavy atom. The molecule has 1 amide bonds. The van der Waals surface area contributed by atoms with Gasteiger partial charge in [0.2, 0.25) is 5.91 Å². The smallest absolute Gasteiger partial charge is 0.239 e. The van der Waals surface area contributed by atoms with Crippen LogP contribution in [0.25, 0.3) is 0 Å². The van der Waals surface area contributed by atoms with E-state index in [2.05, 4.69) is 26.0 Å². The second-order valence-corrected chi connectivity index (χ2v) is 6.70. The van der Waals surface area contributed by atoms with E-state index >= 15 is 0 Å². The molecule has 0 radical (unpaired) electrons. The van der Waals surface area contributed by atoms with Crippen molar-refractivity contribution < 1.29 is 9.53 Å². The summed E-state index contributed by atoms with van der Waals surface area (Å²) in [5.74, 6) is 1.93. The molecular formula is C19H31ClN2O2. The third-order valence-electron chi connectivity index (χ3n) is 5.17. The third-order valence-corrected chi connectivity index (χ3v) is 5.17. The summed E-state index contributed by atoms with van der Waals surface area (Å²) in [4.78, 5) is 14.4. The van der Waals surface area contributed by atoms with Crippen LogP contribution in [0, 0.1) is 11.8 Å². The summed E-state index contributed by atoms with van der Waals surface area (Å²) < 4.78 is 5.44. The monoisotopic (exact) mass is 354 g/mol. The number of hydrogen-bond acceptors (Lipinski definition) is 3. The van der Waals surface area contributed by atoms with Gasteiger partial charge in [0.05, 0.1) is 13.2 Å². The number of para-hydroxylation sites is 1. The summed E-state index contributed by atoms with van der Waals surface area (Å²) in [5.41, 5.74) is 7.35. The largest absolute Gasteiger partial charge is 0.496 e. The van der Waals surface area contributed by atoms with E-state index in [0.29, 0.717) is 5.92 Å². The Morgan fingerprint density at radius 3 is 2.54 bits per heavy atom. The van der Waals surface area contributed by atoms with Crippen molar-refractivity contribution in [1.29, 1.82) is 0 Å². The van der Waals surface area contributed by atoms with Crippen LogP contribution in [-0.2, 0) is 11.2 Å². The summed E-state index contributed by atoms with van der Waals surface area (Å²) in [6, 6.07) is 7.85. The maximum absolute atomic E-state index is 12.4. The number of nitrogens with two attached hydrogens (primary N) is 1. The zero-order valence-electron chi connectivity index (χ0n) is 15.0. The van der Waals surface area contributed by atoms with Gasteiger partial charge in [0, 0.05) is 13.1 Å². The van der Waals surface area contributed by atoms with Crippen LogP contribution in [0.5, 0.6) is 5.75 Å². The second-order valence-electron chi connectivity index (χ2n) is 6.70. The van der Waals surface area contributed by atoms with Crippen LogP contribution in [0.3, 0.4) is 0 Å². The number of hydrogen-bond donors (Lipinski definition) is 1. The van der Waals surface area contributed by atoms with Crippen molar-refractivity contribution in [1.82, 2.24) is 4.90 Å². The van der Waals surface area contributed by atoms with Crippen molar-refractivity contribution in [2.75, 3.05) is 20.2 Å². The Labute approximate surface area is 152 Å². The van der Waals surface area contributed by atoms with E-state index in [1.165, 1.54) is 5.56 Å². The third kappa shape index (κ3) is 5.12. The van der Waals surface area contributed by atoms with Crippen LogP contribution in [-0.4, -0.2) is 37.0 Å². The number of rotatable bonds is 6. The fraction of sp³-hybridized carbons (Fsp3) is 0.632. The van der Waals surface area contributed by atoms with Gasteiger partial charge in [0.1, 0.15) is 5.75 Å². The number of methoxy groups -OCH3 is 1. The van der Waals surface area contributed by atoms with Crippen molar-refractivity contribution in [3.05, 3.63) is 29.8 Å². The maximum atomic E-state index is 12.4. The van der Waals surface area contributed by atoms with Crippen LogP contribution >= 0.6 is 12.4 Å². The molecule has 0 bridgehead atoms. The predicted octanol–water partition coefficient (Wildman–Crippen LogP) is 3.27. The molecule has 24 heavy (non-hydrogen) atoms. The lowest BCUT2D eigenvalue weighted by Gasteiger charge is -2.34. The SMILES string of the molecule is CCC(C)C(N)C(=O)N1CCC(Cc2ccccc2OC)CC1.Cl. The highest BCUT2D eigenvalue weighted by molar-refractivity contribution is 5.85. The molecule has 1 fully saturated rings. The molecule has 2 N–H and O–H groups in total. The average molecular weight is 355 g/mol. The van der Waals surface area contributed by atoms with Crippen LogP contribution in [0.4, 0.5) is 0 Å². The molecule has 136 valence electrons. The van der Waals surface area contributed by atoms with Crippen molar-refractivity contribution in [3.63, 3.8) is 0 Å². The van der Waals surface area contributed by atoms with Crippen LogP contribution in [0.15, 0.2) is 24.3 Å². The molecule has 0 saturated carbocycles. The molecule has 0 aromatic heterocycles. The fourth-order valence-electron chi connectivity index (χ4n) is 3.25. The van der Waals surface area contributed by atoms with E-state index in [0.717, 1.165) is 44.5 Å². The van der Waals surface area contributed by atoms with E-state index < -0.39 is 0 Å². The first-order valence-electron chi connectivity index (χ1n) is 8.73.